The molecular formula is C15H12ClNO. The predicted molar refractivity (Wildman–Crippen MR) is 71.7 cm³/mol. The lowest BCUT2D eigenvalue weighted by atomic mass is 10.1. The SMILES string of the molecule is Cc1cc(C#N)ccc1OCc1cccc(Cl)c1. The van der Waals surface area contributed by atoms with E-state index in [-0.39, 0.29) is 0 Å². The molecule has 0 radical (unpaired) electrons. The average Bonchev–Trinajstić information content (AvgIpc) is 2.37. The Labute approximate surface area is 111 Å². The lowest BCUT2D eigenvalue weighted by Crippen LogP contribution is -1.97. The Morgan fingerprint density at radius 2 is 2.06 bits per heavy atom. The van der Waals surface area contributed by atoms with Gasteiger partial charge < -0.3 is 4.74 Å². The molecule has 0 fully saturated rings. The third-order valence-electron chi connectivity index (χ3n) is 2.59. The number of nitrogens with zero attached hydrogens (tertiary/aromatic N) is 1. The fourth-order valence-corrected chi connectivity index (χ4v) is 1.88. The first kappa shape index (κ1) is 12.5. The van der Waals surface area contributed by atoms with Gasteiger partial charge in [-0.1, -0.05) is 23.7 Å². The maximum absolute atomic E-state index is 8.79. The van der Waals surface area contributed by atoms with Gasteiger partial charge >= 0.3 is 0 Å². The average molecular weight is 258 g/mol. The first-order valence-corrected chi connectivity index (χ1v) is 5.95. The van der Waals surface area contributed by atoms with Crippen LogP contribution in [0, 0.1) is 18.3 Å². The smallest absolute Gasteiger partial charge is 0.122 e. The molecule has 0 aromatic heterocycles. The molecule has 2 nitrogen and oxygen atoms in total. The standard InChI is InChI=1S/C15H12ClNO/c1-11-7-12(9-17)5-6-15(11)18-10-13-3-2-4-14(16)8-13/h2-8H,10H2,1H3. The van der Waals surface area contributed by atoms with Crippen LogP contribution in [0.15, 0.2) is 42.5 Å². The Hall–Kier alpha value is -1.98. The van der Waals surface area contributed by atoms with Crippen molar-refractivity contribution in [3.63, 3.8) is 0 Å². The molecule has 3 heteroatoms. The first-order chi connectivity index (χ1) is 8.69. The molecule has 0 aliphatic carbocycles. The Balaban J connectivity index is 2.09. The topological polar surface area (TPSA) is 33.0 Å². The van der Waals surface area contributed by atoms with Gasteiger partial charge in [-0.15, -0.1) is 0 Å². The van der Waals surface area contributed by atoms with E-state index in [1.165, 1.54) is 0 Å². The van der Waals surface area contributed by atoms with Crippen molar-refractivity contribution < 1.29 is 4.74 Å². The highest BCUT2D eigenvalue weighted by molar-refractivity contribution is 6.30. The van der Waals surface area contributed by atoms with Crippen molar-refractivity contribution in [1.29, 1.82) is 5.26 Å². The summed E-state index contributed by atoms with van der Waals surface area (Å²) in [7, 11) is 0. The summed E-state index contributed by atoms with van der Waals surface area (Å²) in [6.45, 7) is 2.39. The molecule has 2 rings (SSSR count). The normalized spacial score (nSPS) is 9.83. The van der Waals surface area contributed by atoms with Crippen LogP contribution in [-0.4, -0.2) is 0 Å². The summed E-state index contributed by atoms with van der Waals surface area (Å²) in [5.41, 5.74) is 2.62. The fourth-order valence-electron chi connectivity index (χ4n) is 1.67. The molecule has 0 aliphatic rings. The quantitative estimate of drug-likeness (QED) is 0.829. The van der Waals surface area contributed by atoms with E-state index in [4.69, 9.17) is 21.6 Å². The van der Waals surface area contributed by atoms with Crippen LogP contribution in [0.5, 0.6) is 5.75 Å². The van der Waals surface area contributed by atoms with Crippen molar-refractivity contribution in [2.45, 2.75) is 13.5 Å². The Morgan fingerprint density at radius 3 is 2.72 bits per heavy atom. The summed E-state index contributed by atoms with van der Waals surface area (Å²) >= 11 is 5.91. The van der Waals surface area contributed by atoms with Gasteiger partial charge in [0, 0.05) is 5.02 Å². The van der Waals surface area contributed by atoms with E-state index in [0.29, 0.717) is 17.2 Å². The molecule has 18 heavy (non-hydrogen) atoms. The molecule has 0 amide bonds. The second kappa shape index (κ2) is 5.57. The summed E-state index contributed by atoms with van der Waals surface area (Å²) in [5.74, 6) is 0.786. The maximum atomic E-state index is 8.79. The van der Waals surface area contributed by atoms with Gasteiger partial charge in [-0.3, -0.25) is 0 Å². The van der Waals surface area contributed by atoms with Crippen LogP contribution >= 0.6 is 11.6 Å². The zero-order valence-electron chi connectivity index (χ0n) is 9.98. The Bertz CT molecular complexity index is 602. The van der Waals surface area contributed by atoms with Gasteiger partial charge in [-0.05, 0) is 48.4 Å². The van der Waals surface area contributed by atoms with Crippen molar-refractivity contribution >= 4 is 11.6 Å². The second-order valence-electron chi connectivity index (χ2n) is 4.01. The summed E-state index contributed by atoms with van der Waals surface area (Å²) < 4.78 is 5.71. The highest BCUT2D eigenvalue weighted by Crippen LogP contribution is 2.20. The summed E-state index contributed by atoms with van der Waals surface area (Å²) in [5, 5.41) is 9.49. The third-order valence-corrected chi connectivity index (χ3v) is 2.82. The largest absolute Gasteiger partial charge is 0.489 e. The molecular weight excluding hydrogens is 246 g/mol. The van der Waals surface area contributed by atoms with Crippen molar-refractivity contribution in [2.24, 2.45) is 0 Å². The maximum Gasteiger partial charge on any atom is 0.122 e. The second-order valence-corrected chi connectivity index (χ2v) is 4.45. The molecule has 0 bridgehead atoms. The number of benzene rings is 2. The number of hydrogen-bond donors (Lipinski definition) is 0. The van der Waals surface area contributed by atoms with Crippen molar-refractivity contribution in [2.75, 3.05) is 0 Å². The molecule has 2 aromatic carbocycles. The van der Waals surface area contributed by atoms with Gasteiger partial charge in [0.15, 0.2) is 0 Å². The zero-order chi connectivity index (χ0) is 13.0. The molecule has 0 saturated heterocycles. The number of rotatable bonds is 3. The number of nitriles is 1. The lowest BCUT2D eigenvalue weighted by molar-refractivity contribution is 0.304. The minimum atomic E-state index is 0.466. The van der Waals surface area contributed by atoms with Gasteiger partial charge in [0.1, 0.15) is 12.4 Å². The van der Waals surface area contributed by atoms with Crippen LogP contribution in [-0.2, 0) is 6.61 Å². The zero-order valence-corrected chi connectivity index (χ0v) is 10.7. The van der Waals surface area contributed by atoms with E-state index < -0.39 is 0 Å². The van der Waals surface area contributed by atoms with Crippen molar-refractivity contribution in [3.05, 3.63) is 64.2 Å². The van der Waals surface area contributed by atoms with Gasteiger partial charge in [0.2, 0.25) is 0 Å². The van der Waals surface area contributed by atoms with Gasteiger partial charge in [0.25, 0.3) is 0 Å². The lowest BCUT2D eigenvalue weighted by Gasteiger charge is -2.09. The Morgan fingerprint density at radius 1 is 1.22 bits per heavy atom. The van der Waals surface area contributed by atoms with Crippen molar-refractivity contribution in [1.82, 2.24) is 0 Å². The molecule has 0 heterocycles. The number of aryl methyl sites for hydroxylation is 1. The minimum Gasteiger partial charge on any atom is -0.489 e. The van der Waals surface area contributed by atoms with Gasteiger partial charge in [0.05, 0.1) is 11.6 Å². The molecule has 0 N–H and O–H groups in total. The van der Waals surface area contributed by atoms with E-state index in [9.17, 15) is 0 Å². The summed E-state index contributed by atoms with van der Waals surface area (Å²) in [6.07, 6.45) is 0. The molecule has 2 aromatic rings. The van der Waals surface area contributed by atoms with Crippen LogP contribution < -0.4 is 4.74 Å². The summed E-state index contributed by atoms with van der Waals surface area (Å²) in [6, 6.07) is 15.0. The van der Waals surface area contributed by atoms with Gasteiger partial charge in [-0.25, -0.2) is 0 Å². The van der Waals surface area contributed by atoms with E-state index in [1.54, 1.807) is 6.07 Å². The van der Waals surface area contributed by atoms with Crippen LogP contribution in [0.1, 0.15) is 16.7 Å². The Kier molecular flexibility index (Phi) is 3.86. The number of halogens is 1. The number of ether oxygens (including phenoxy) is 1. The summed E-state index contributed by atoms with van der Waals surface area (Å²) in [4.78, 5) is 0. The highest BCUT2D eigenvalue weighted by atomic mass is 35.5. The molecule has 0 unspecified atom stereocenters. The molecule has 0 atom stereocenters. The highest BCUT2D eigenvalue weighted by Gasteiger charge is 2.02. The fraction of sp³-hybridized carbons (Fsp3) is 0.133. The van der Waals surface area contributed by atoms with Gasteiger partial charge in [-0.2, -0.15) is 5.26 Å². The molecule has 0 aliphatic heterocycles. The van der Waals surface area contributed by atoms with E-state index in [0.717, 1.165) is 16.9 Å². The molecule has 90 valence electrons. The number of hydrogen-bond acceptors (Lipinski definition) is 2. The minimum absolute atomic E-state index is 0.466. The van der Waals surface area contributed by atoms with E-state index in [2.05, 4.69) is 6.07 Å². The van der Waals surface area contributed by atoms with E-state index in [1.807, 2.05) is 43.3 Å². The van der Waals surface area contributed by atoms with Crippen LogP contribution in [0.25, 0.3) is 0 Å². The predicted octanol–water partition coefficient (Wildman–Crippen LogP) is 4.10. The molecule has 0 spiro atoms. The van der Waals surface area contributed by atoms with Crippen LogP contribution in [0.3, 0.4) is 0 Å². The van der Waals surface area contributed by atoms with Crippen LogP contribution in [0.2, 0.25) is 5.02 Å². The molecule has 0 saturated carbocycles. The third kappa shape index (κ3) is 3.03. The van der Waals surface area contributed by atoms with E-state index >= 15 is 0 Å². The first-order valence-electron chi connectivity index (χ1n) is 5.57. The van der Waals surface area contributed by atoms with Crippen molar-refractivity contribution in [3.8, 4) is 11.8 Å². The van der Waals surface area contributed by atoms with Crippen LogP contribution in [0.4, 0.5) is 0 Å². The monoisotopic (exact) mass is 257 g/mol.